The Kier molecular flexibility index (Phi) is 5.81. The predicted molar refractivity (Wildman–Crippen MR) is 224 cm³/mol. The number of oxazole rings is 1. The van der Waals surface area contributed by atoms with Crippen LogP contribution in [-0.4, -0.2) is 9.38 Å². The Morgan fingerprint density at radius 1 is 0.537 bits per heavy atom. The monoisotopic (exact) mass is 691 g/mol. The van der Waals surface area contributed by atoms with E-state index in [0.29, 0.717) is 5.89 Å². The van der Waals surface area contributed by atoms with Crippen LogP contribution in [0.4, 0.5) is 17.1 Å². The van der Waals surface area contributed by atoms with E-state index in [1.165, 1.54) is 54.8 Å². The zero-order valence-corrected chi connectivity index (χ0v) is 29.8. The van der Waals surface area contributed by atoms with Crippen LogP contribution in [0.1, 0.15) is 25.0 Å². The maximum absolute atomic E-state index is 6.75. The molecular weight excluding hydrogens is 659 g/mol. The molecule has 0 fully saturated rings. The predicted octanol–water partition coefficient (Wildman–Crippen LogP) is 13.6. The molecule has 8 aromatic carbocycles. The lowest BCUT2D eigenvalue weighted by Crippen LogP contribution is -2.16. The average Bonchev–Trinajstić information content (AvgIpc) is 3.94. The van der Waals surface area contributed by atoms with Gasteiger partial charge in [-0.05, 0) is 99.8 Å². The molecule has 0 unspecified atom stereocenters. The van der Waals surface area contributed by atoms with E-state index in [9.17, 15) is 0 Å². The SMILES string of the molecule is CC1(C)c2ccccc2-c2ccc(N(c3ccc4ccccc4c3)c3ccc4c(c3)c3c5oc(-c6ccccc6)nc5cc5c6ccccc6n4c53)cc21. The first-order chi connectivity index (χ1) is 26.5. The molecule has 1 aliphatic carbocycles. The van der Waals surface area contributed by atoms with Crippen molar-refractivity contribution in [2.45, 2.75) is 19.3 Å². The quantitative estimate of drug-likeness (QED) is 0.184. The van der Waals surface area contributed by atoms with Gasteiger partial charge in [-0.2, -0.15) is 0 Å². The van der Waals surface area contributed by atoms with Gasteiger partial charge in [-0.1, -0.05) is 111 Å². The molecule has 0 N–H and O–H groups in total. The lowest BCUT2D eigenvalue weighted by atomic mass is 9.82. The highest BCUT2D eigenvalue weighted by molar-refractivity contribution is 6.30. The van der Waals surface area contributed by atoms with Crippen molar-refractivity contribution in [2.24, 2.45) is 0 Å². The van der Waals surface area contributed by atoms with Crippen LogP contribution < -0.4 is 4.90 Å². The molecule has 3 aromatic heterocycles. The van der Waals surface area contributed by atoms with E-state index in [0.717, 1.165) is 50.0 Å². The van der Waals surface area contributed by atoms with Gasteiger partial charge < -0.3 is 13.7 Å². The Morgan fingerprint density at radius 2 is 1.22 bits per heavy atom. The van der Waals surface area contributed by atoms with Crippen molar-refractivity contribution in [3.05, 3.63) is 175 Å². The summed E-state index contributed by atoms with van der Waals surface area (Å²) in [5, 5.41) is 7.06. The molecule has 1 aliphatic rings. The van der Waals surface area contributed by atoms with E-state index in [2.05, 4.69) is 169 Å². The summed E-state index contributed by atoms with van der Waals surface area (Å²) in [5.74, 6) is 0.634. The first kappa shape index (κ1) is 29.6. The van der Waals surface area contributed by atoms with Crippen molar-refractivity contribution in [3.8, 4) is 22.6 Å². The maximum atomic E-state index is 6.75. The number of aromatic nitrogens is 2. The van der Waals surface area contributed by atoms with Crippen LogP contribution in [0.25, 0.3) is 82.5 Å². The molecule has 4 nitrogen and oxygen atoms in total. The molecule has 0 saturated carbocycles. The lowest BCUT2D eigenvalue weighted by Gasteiger charge is -2.28. The second-order valence-electron chi connectivity index (χ2n) is 15.2. The van der Waals surface area contributed by atoms with E-state index in [4.69, 9.17) is 9.40 Å². The number of anilines is 3. The molecule has 54 heavy (non-hydrogen) atoms. The van der Waals surface area contributed by atoms with Gasteiger partial charge in [0.15, 0.2) is 5.58 Å². The molecule has 0 bridgehead atoms. The van der Waals surface area contributed by atoms with Crippen molar-refractivity contribution >= 4 is 77.0 Å². The van der Waals surface area contributed by atoms with Gasteiger partial charge in [-0.3, -0.25) is 0 Å². The molecular formula is C50H33N3O. The number of hydrogen-bond donors (Lipinski definition) is 0. The van der Waals surface area contributed by atoms with Crippen molar-refractivity contribution < 1.29 is 4.42 Å². The van der Waals surface area contributed by atoms with E-state index < -0.39 is 0 Å². The van der Waals surface area contributed by atoms with Gasteiger partial charge in [-0.25, -0.2) is 4.98 Å². The van der Waals surface area contributed by atoms with Gasteiger partial charge in [0.25, 0.3) is 0 Å². The van der Waals surface area contributed by atoms with Crippen LogP contribution in [0.3, 0.4) is 0 Å². The first-order valence-corrected chi connectivity index (χ1v) is 18.6. The minimum atomic E-state index is -0.122. The summed E-state index contributed by atoms with van der Waals surface area (Å²) in [6, 6.07) is 59.3. The molecule has 0 radical (unpaired) electrons. The highest BCUT2D eigenvalue weighted by Crippen LogP contribution is 2.51. The van der Waals surface area contributed by atoms with E-state index in [1.54, 1.807) is 0 Å². The Hall–Kier alpha value is -6.91. The molecule has 0 saturated heterocycles. The molecule has 0 spiro atoms. The average molecular weight is 692 g/mol. The van der Waals surface area contributed by atoms with Crippen LogP contribution in [0.2, 0.25) is 0 Å². The minimum absolute atomic E-state index is 0.122. The van der Waals surface area contributed by atoms with Crippen molar-refractivity contribution in [2.75, 3.05) is 4.90 Å². The van der Waals surface area contributed by atoms with E-state index in [1.807, 2.05) is 18.2 Å². The van der Waals surface area contributed by atoms with Gasteiger partial charge in [0, 0.05) is 44.2 Å². The van der Waals surface area contributed by atoms with E-state index in [-0.39, 0.29) is 5.41 Å². The highest BCUT2D eigenvalue weighted by Gasteiger charge is 2.36. The largest absolute Gasteiger partial charge is 0.435 e. The number of benzene rings is 8. The third kappa shape index (κ3) is 3.94. The first-order valence-electron chi connectivity index (χ1n) is 18.6. The molecule has 0 atom stereocenters. The van der Waals surface area contributed by atoms with Gasteiger partial charge in [0.1, 0.15) is 5.52 Å². The Balaban J connectivity index is 1.15. The fourth-order valence-electron chi connectivity index (χ4n) is 9.37. The second-order valence-corrected chi connectivity index (χ2v) is 15.2. The third-order valence-corrected chi connectivity index (χ3v) is 11.9. The van der Waals surface area contributed by atoms with Crippen LogP contribution in [-0.2, 0) is 5.41 Å². The molecule has 4 heteroatoms. The van der Waals surface area contributed by atoms with Gasteiger partial charge in [0.05, 0.1) is 21.9 Å². The van der Waals surface area contributed by atoms with Crippen molar-refractivity contribution in [1.29, 1.82) is 0 Å². The van der Waals surface area contributed by atoms with Crippen LogP contribution >= 0.6 is 0 Å². The van der Waals surface area contributed by atoms with E-state index >= 15 is 0 Å². The van der Waals surface area contributed by atoms with Crippen LogP contribution in [0.5, 0.6) is 0 Å². The molecule has 12 rings (SSSR count). The number of fused-ring (bicyclic) bond motifs is 12. The summed E-state index contributed by atoms with van der Waals surface area (Å²) >= 11 is 0. The number of hydrogen-bond acceptors (Lipinski definition) is 3. The summed E-state index contributed by atoms with van der Waals surface area (Å²) in [6.07, 6.45) is 0. The highest BCUT2D eigenvalue weighted by atomic mass is 16.3. The zero-order valence-electron chi connectivity index (χ0n) is 29.8. The maximum Gasteiger partial charge on any atom is 0.227 e. The smallest absolute Gasteiger partial charge is 0.227 e. The number of rotatable bonds is 4. The second kappa shape index (κ2) is 10.6. The third-order valence-electron chi connectivity index (χ3n) is 11.9. The summed E-state index contributed by atoms with van der Waals surface area (Å²) in [5.41, 5.74) is 14.7. The fraction of sp³-hybridized carbons (Fsp3) is 0.0600. The minimum Gasteiger partial charge on any atom is -0.435 e. The van der Waals surface area contributed by atoms with Crippen LogP contribution in [0.15, 0.2) is 168 Å². The Labute approximate surface area is 311 Å². The molecule has 0 amide bonds. The molecule has 11 aromatic rings. The molecule has 3 heterocycles. The van der Waals surface area contributed by atoms with Crippen molar-refractivity contribution in [1.82, 2.24) is 9.38 Å². The summed E-state index contributed by atoms with van der Waals surface area (Å²) in [6.45, 7) is 4.70. The Bertz CT molecular complexity index is 3310. The molecule has 0 aliphatic heterocycles. The number of para-hydroxylation sites is 1. The summed E-state index contributed by atoms with van der Waals surface area (Å²) in [4.78, 5) is 7.51. The number of nitrogens with zero attached hydrogens (tertiary/aromatic N) is 3. The Morgan fingerprint density at radius 3 is 2.13 bits per heavy atom. The summed E-state index contributed by atoms with van der Waals surface area (Å²) < 4.78 is 9.17. The standard InChI is InChI=1S/C50H33N3O/c1-50(2)41-18-10-8-16-36(41)37-24-22-35(28-42(37)50)52(33-21-20-30-12-6-7-15-32(30)26-33)34-23-25-45-40(27-34)46-47-39(38-17-9-11-19-44(38)53(45)47)29-43-48(46)54-49(51-43)31-13-4-3-5-14-31/h3-29H,1-2H3. The van der Waals surface area contributed by atoms with Crippen molar-refractivity contribution in [3.63, 3.8) is 0 Å². The van der Waals surface area contributed by atoms with Crippen LogP contribution in [0, 0.1) is 0 Å². The van der Waals surface area contributed by atoms with Gasteiger partial charge in [-0.15, -0.1) is 0 Å². The normalized spacial score (nSPS) is 13.5. The topological polar surface area (TPSA) is 33.7 Å². The fourth-order valence-corrected chi connectivity index (χ4v) is 9.37. The lowest BCUT2D eigenvalue weighted by molar-refractivity contribution is 0.623. The van der Waals surface area contributed by atoms with Gasteiger partial charge in [0.2, 0.25) is 5.89 Å². The zero-order chi connectivity index (χ0) is 35.7. The molecule has 254 valence electrons. The summed E-state index contributed by atoms with van der Waals surface area (Å²) in [7, 11) is 0. The van der Waals surface area contributed by atoms with Gasteiger partial charge >= 0.3 is 0 Å².